The van der Waals surface area contributed by atoms with Gasteiger partial charge < -0.3 is 19.5 Å². The van der Waals surface area contributed by atoms with Crippen LogP contribution in [0.5, 0.6) is 11.5 Å². The molecule has 1 aliphatic heterocycles. The number of nitrogens with zero attached hydrogens (tertiary/aromatic N) is 1. The van der Waals surface area contributed by atoms with Gasteiger partial charge in [-0.25, -0.2) is 4.98 Å². The van der Waals surface area contributed by atoms with E-state index >= 15 is 0 Å². The molecule has 0 saturated carbocycles. The van der Waals surface area contributed by atoms with E-state index in [1.54, 1.807) is 18.4 Å². The number of fused-ring (bicyclic) bond motifs is 1. The average Bonchev–Trinajstić information content (AvgIpc) is 3.14. The summed E-state index contributed by atoms with van der Waals surface area (Å²) in [4.78, 5) is 4.42. The van der Waals surface area contributed by atoms with Gasteiger partial charge in [-0.15, -0.1) is 11.3 Å². The highest BCUT2D eigenvalue weighted by Crippen LogP contribution is 2.42. The van der Waals surface area contributed by atoms with E-state index in [2.05, 4.69) is 26.2 Å². The van der Waals surface area contributed by atoms with Crippen LogP contribution in [0.15, 0.2) is 28.2 Å². The fourth-order valence-corrected chi connectivity index (χ4v) is 3.50. The first kappa shape index (κ1) is 14.8. The Morgan fingerprint density at radius 3 is 3.14 bits per heavy atom. The molecule has 0 amide bonds. The SMILES string of the molecule is COCCNC(c1cc(Br)c2c(c1)OCO2)c1nccs1. The first-order valence-corrected chi connectivity index (χ1v) is 8.17. The second kappa shape index (κ2) is 6.74. The molecule has 3 rings (SSSR count). The summed E-state index contributed by atoms with van der Waals surface area (Å²) in [6.45, 7) is 1.65. The number of ether oxygens (including phenoxy) is 3. The minimum atomic E-state index is 0.00551. The summed E-state index contributed by atoms with van der Waals surface area (Å²) >= 11 is 5.16. The van der Waals surface area contributed by atoms with E-state index in [0.29, 0.717) is 6.61 Å². The quantitative estimate of drug-likeness (QED) is 0.792. The molecule has 1 aliphatic rings. The summed E-state index contributed by atoms with van der Waals surface area (Å²) < 4.78 is 16.9. The van der Waals surface area contributed by atoms with Crippen molar-refractivity contribution >= 4 is 27.3 Å². The molecule has 1 unspecified atom stereocenters. The molecule has 1 N–H and O–H groups in total. The van der Waals surface area contributed by atoms with E-state index in [1.165, 1.54) is 0 Å². The predicted molar refractivity (Wildman–Crippen MR) is 84.1 cm³/mol. The molecule has 0 saturated heterocycles. The molecule has 0 aliphatic carbocycles. The maximum absolute atomic E-state index is 5.49. The van der Waals surface area contributed by atoms with Crippen molar-refractivity contribution in [3.8, 4) is 11.5 Å². The van der Waals surface area contributed by atoms with Crippen LogP contribution in [0.25, 0.3) is 0 Å². The number of hydrogen-bond donors (Lipinski definition) is 1. The van der Waals surface area contributed by atoms with Gasteiger partial charge in [0.2, 0.25) is 6.79 Å². The Hall–Kier alpha value is -1.15. The Labute approximate surface area is 135 Å². The van der Waals surface area contributed by atoms with Crippen LogP contribution >= 0.6 is 27.3 Å². The van der Waals surface area contributed by atoms with Crippen molar-refractivity contribution in [3.05, 3.63) is 38.8 Å². The average molecular weight is 371 g/mol. The standard InChI is InChI=1S/C14H15BrN2O3S/c1-18-4-2-16-12(14-17-3-5-21-14)9-6-10(15)13-11(7-9)19-8-20-13/h3,5-7,12,16H,2,4,8H2,1H3. The van der Waals surface area contributed by atoms with Crippen molar-refractivity contribution in [2.75, 3.05) is 27.1 Å². The molecular formula is C14H15BrN2O3S. The third-order valence-electron chi connectivity index (χ3n) is 3.14. The third-order valence-corrected chi connectivity index (χ3v) is 4.57. The van der Waals surface area contributed by atoms with Crippen molar-refractivity contribution in [1.82, 2.24) is 10.3 Å². The largest absolute Gasteiger partial charge is 0.454 e. The number of hydrogen-bond acceptors (Lipinski definition) is 6. The summed E-state index contributed by atoms with van der Waals surface area (Å²) in [7, 11) is 1.69. The summed E-state index contributed by atoms with van der Waals surface area (Å²) in [5, 5.41) is 6.45. The highest BCUT2D eigenvalue weighted by molar-refractivity contribution is 9.10. The Kier molecular flexibility index (Phi) is 4.74. The van der Waals surface area contributed by atoms with Gasteiger partial charge in [-0.1, -0.05) is 0 Å². The van der Waals surface area contributed by atoms with Crippen molar-refractivity contribution in [3.63, 3.8) is 0 Å². The van der Waals surface area contributed by atoms with Crippen molar-refractivity contribution in [1.29, 1.82) is 0 Å². The molecule has 2 heterocycles. The molecule has 1 aromatic carbocycles. The van der Waals surface area contributed by atoms with Crippen LogP contribution < -0.4 is 14.8 Å². The van der Waals surface area contributed by atoms with Gasteiger partial charge in [-0.3, -0.25) is 0 Å². The van der Waals surface area contributed by atoms with Gasteiger partial charge in [0.25, 0.3) is 0 Å². The number of aromatic nitrogens is 1. The van der Waals surface area contributed by atoms with Gasteiger partial charge in [0.1, 0.15) is 5.01 Å². The van der Waals surface area contributed by atoms with Gasteiger partial charge in [-0.2, -0.15) is 0 Å². The van der Waals surface area contributed by atoms with Crippen molar-refractivity contribution in [2.24, 2.45) is 0 Å². The number of nitrogens with one attached hydrogen (secondary N) is 1. The van der Waals surface area contributed by atoms with Crippen molar-refractivity contribution < 1.29 is 14.2 Å². The first-order chi connectivity index (χ1) is 10.3. The molecule has 112 valence electrons. The van der Waals surface area contributed by atoms with Crippen LogP contribution in [0.4, 0.5) is 0 Å². The van der Waals surface area contributed by atoms with Crippen LogP contribution in [0.1, 0.15) is 16.6 Å². The van der Waals surface area contributed by atoms with E-state index < -0.39 is 0 Å². The zero-order valence-corrected chi connectivity index (χ0v) is 13.9. The Morgan fingerprint density at radius 1 is 1.48 bits per heavy atom. The molecule has 2 aromatic rings. The molecule has 0 bridgehead atoms. The normalized spacial score (nSPS) is 14.4. The van der Waals surface area contributed by atoms with Gasteiger partial charge in [0.15, 0.2) is 11.5 Å². The van der Waals surface area contributed by atoms with Crippen LogP contribution in [-0.4, -0.2) is 32.0 Å². The van der Waals surface area contributed by atoms with Crippen LogP contribution in [-0.2, 0) is 4.74 Å². The summed E-state index contributed by atoms with van der Waals surface area (Å²) in [5.41, 5.74) is 1.08. The molecular weight excluding hydrogens is 356 g/mol. The zero-order chi connectivity index (χ0) is 14.7. The maximum Gasteiger partial charge on any atom is 0.231 e. The Balaban J connectivity index is 1.91. The molecule has 0 spiro atoms. The fourth-order valence-electron chi connectivity index (χ4n) is 2.18. The fraction of sp³-hybridized carbons (Fsp3) is 0.357. The zero-order valence-electron chi connectivity index (χ0n) is 11.5. The molecule has 1 aromatic heterocycles. The molecule has 7 heteroatoms. The van der Waals surface area contributed by atoms with E-state index in [9.17, 15) is 0 Å². The first-order valence-electron chi connectivity index (χ1n) is 6.50. The smallest absolute Gasteiger partial charge is 0.231 e. The van der Waals surface area contributed by atoms with Gasteiger partial charge in [-0.05, 0) is 33.6 Å². The lowest BCUT2D eigenvalue weighted by molar-refractivity contribution is 0.173. The minimum absolute atomic E-state index is 0.00551. The molecule has 0 fully saturated rings. The summed E-state index contributed by atoms with van der Waals surface area (Å²) in [6.07, 6.45) is 1.81. The Bertz CT molecular complexity index is 607. The lowest BCUT2D eigenvalue weighted by Crippen LogP contribution is -2.26. The van der Waals surface area contributed by atoms with E-state index in [4.69, 9.17) is 14.2 Å². The third kappa shape index (κ3) is 3.21. The summed E-state index contributed by atoms with van der Waals surface area (Å²) in [6, 6.07) is 4.05. The molecule has 5 nitrogen and oxygen atoms in total. The highest BCUT2D eigenvalue weighted by atomic mass is 79.9. The highest BCUT2D eigenvalue weighted by Gasteiger charge is 2.23. The lowest BCUT2D eigenvalue weighted by atomic mass is 10.1. The molecule has 1 atom stereocenters. The minimum Gasteiger partial charge on any atom is -0.454 e. The van der Waals surface area contributed by atoms with Crippen LogP contribution in [0.3, 0.4) is 0 Å². The van der Waals surface area contributed by atoms with E-state index in [0.717, 1.165) is 33.1 Å². The second-order valence-corrected chi connectivity index (χ2v) is 6.27. The van der Waals surface area contributed by atoms with Gasteiger partial charge in [0, 0.05) is 25.2 Å². The van der Waals surface area contributed by atoms with E-state index in [-0.39, 0.29) is 12.8 Å². The number of thiazole rings is 1. The van der Waals surface area contributed by atoms with Crippen molar-refractivity contribution in [2.45, 2.75) is 6.04 Å². The predicted octanol–water partition coefficient (Wildman–Crippen LogP) is 2.96. The van der Waals surface area contributed by atoms with Crippen LogP contribution in [0, 0.1) is 0 Å². The van der Waals surface area contributed by atoms with Gasteiger partial charge in [0.05, 0.1) is 17.1 Å². The topological polar surface area (TPSA) is 52.6 Å². The maximum atomic E-state index is 5.49. The number of methoxy groups -OCH3 is 1. The molecule has 0 radical (unpaired) electrons. The molecule has 21 heavy (non-hydrogen) atoms. The summed E-state index contributed by atoms with van der Waals surface area (Å²) in [5.74, 6) is 1.52. The van der Waals surface area contributed by atoms with Crippen LogP contribution in [0.2, 0.25) is 0 Å². The lowest BCUT2D eigenvalue weighted by Gasteiger charge is -2.18. The number of halogens is 1. The Morgan fingerprint density at radius 2 is 2.38 bits per heavy atom. The number of rotatable bonds is 6. The monoisotopic (exact) mass is 370 g/mol. The van der Waals surface area contributed by atoms with Gasteiger partial charge >= 0.3 is 0 Å². The van der Waals surface area contributed by atoms with E-state index in [1.807, 2.05) is 23.7 Å². The number of benzene rings is 1. The second-order valence-electron chi connectivity index (χ2n) is 4.49.